The summed E-state index contributed by atoms with van der Waals surface area (Å²) in [6.07, 6.45) is 0.620. The molecule has 0 aliphatic carbocycles. The molecule has 4 aromatic rings. The lowest BCUT2D eigenvalue weighted by molar-refractivity contribution is -0.384. The van der Waals surface area contributed by atoms with Gasteiger partial charge in [0, 0.05) is 18.2 Å². The molecule has 0 bridgehead atoms. The minimum atomic E-state index is -0.951. The van der Waals surface area contributed by atoms with Gasteiger partial charge < -0.3 is 9.15 Å². The highest BCUT2D eigenvalue weighted by molar-refractivity contribution is 7.15. The zero-order valence-electron chi connectivity index (χ0n) is 17.5. The first kappa shape index (κ1) is 20.8. The monoisotopic (exact) mass is 464 g/mol. The lowest BCUT2D eigenvalue weighted by Gasteiger charge is -2.21. The summed E-state index contributed by atoms with van der Waals surface area (Å²) in [4.78, 5) is 39.3. The van der Waals surface area contributed by atoms with Crippen LogP contribution in [0.25, 0.3) is 11.0 Å². The van der Waals surface area contributed by atoms with Crippen molar-refractivity contribution in [2.75, 3.05) is 12.0 Å². The van der Waals surface area contributed by atoms with Gasteiger partial charge in [-0.15, -0.1) is 10.2 Å². The number of ether oxygens (including phenoxy) is 1. The molecule has 0 N–H and O–H groups in total. The Kier molecular flexibility index (Phi) is 4.90. The summed E-state index contributed by atoms with van der Waals surface area (Å²) in [6.45, 7) is 1.91. The highest BCUT2D eigenvalue weighted by atomic mass is 32.1. The molecule has 0 spiro atoms. The van der Waals surface area contributed by atoms with E-state index in [4.69, 9.17) is 9.15 Å². The Bertz CT molecular complexity index is 1490. The first-order valence-electron chi connectivity index (χ1n) is 9.98. The van der Waals surface area contributed by atoms with Crippen LogP contribution in [0.1, 0.15) is 39.7 Å². The predicted octanol–water partition coefficient (Wildman–Crippen LogP) is 3.87. The van der Waals surface area contributed by atoms with Crippen molar-refractivity contribution >= 4 is 39.0 Å². The molecule has 3 heterocycles. The average Bonchev–Trinajstić information content (AvgIpc) is 3.41. The summed E-state index contributed by atoms with van der Waals surface area (Å²) in [6, 6.07) is 9.62. The number of amides is 1. The van der Waals surface area contributed by atoms with Crippen molar-refractivity contribution in [1.29, 1.82) is 0 Å². The van der Waals surface area contributed by atoms with Crippen LogP contribution < -0.4 is 15.1 Å². The number of aryl methyl sites for hydroxylation is 1. The summed E-state index contributed by atoms with van der Waals surface area (Å²) >= 11 is 1.21. The number of rotatable bonds is 5. The van der Waals surface area contributed by atoms with Gasteiger partial charge in [0.05, 0.1) is 29.0 Å². The first-order valence-corrected chi connectivity index (χ1v) is 10.8. The molecule has 5 rings (SSSR count). The second-order valence-electron chi connectivity index (χ2n) is 7.30. The number of benzene rings is 2. The lowest BCUT2D eigenvalue weighted by Crippen LogP contribution is -2.29. The number of non-ortho nitro benzene ring substituents is 1. The Morgan fingerprint density at radius 2 is 2.03 bits per heavy atom. The van der Waals surface area contributed by atoms with Gasteiger partial charge in [-0.1, -0.05) is 30.4 Å². The Hall–Kier alpha value is -4.12. The maximum Gasteiger partial charge on any atom is 0.297 e. The van der Waals surface area contributed by atoms with Gasteiger partial charge in [0.15, 0.2) is 5.43 Å². The minimum Gasteiger partial charge on any atom is -0.497 e. The van der Waals surface area contributed by atoms with Gasteiger partial charge >= 0.3 is 0 Å². The number of methoxy groups -OCH3 is 1. The molecule has 2 aromatic carbocycles. The van der Waals surface area contributed by atoms with Crippen molar-refractivity contribution in [2.45, 2.75) is 19.4 Å². The molecule has 1 unspecified atom stereocenters. The predicted molar refractivity (Wildman–Crippen MR) is 120 cm³/mol. The molecule has 0 radical (unpaired) electrons. The highest BCUT2D eigenvalue weighted by Crippen LogP contribution is 2.42. The molecule has 1 amide bonds. The van der Waals surface area contributed by atoms with Crippen LogP contribution in [0.2, 0.25) is 0 Å². The molecule has 1 aliphatic rings. The number of nitrogens with zero attached hydrogens (tertiary/aromatic N) is 4. The van der Waals surface area contributed by atoms with Crippen molar-refractivity contribution in [2.24, 2.45) is 0 Å². The summed E-state index contributed by atoms with van der Waals surface area (Å²) in [5.41, 5.74) is 0.144. The third kappa shape index (κ3) is 3.24. The van der Waals surface area contributed by atoms with Crippen molar-refractivity contribution in [3.8, 4) is 5.75 Å². The number of hydrogen-bond donors (Lipinski definition) is 0. The summed E-state index contributed by atoms with van der Waals surface area (Å²) < 4.78 is 11.1. The van der Waals surface area contributed by atoms with E-state index in [2.05, 4.69) is 10.2 Å². The SMILES string of the molecule is CCc1nnc(N2C(=O)c3oc4cc(OC)ccc4c(=O)c3C2c2cccc([N+](=O)[O-])c2)s1. The van der Waals surface area contributed by atoms with Crippen LogP contribution in [0.4, 0.5) is 10.8 Å². The second kappa shape index (κ2) is 7.78. The molecule has 10 nitrogen and oxygen atoms in total. The second-order valence-corrected chi connectivity index (χ2v) is 8.34. The molecule has 1 aliphatic heterocycles. The standard InChI is InChI=1S/C22H16N4O6S/c1-3-16-23-24-22(33-16)25-18(11-5-4-6-12(9-11)26(29)30)17-19(27)14-8-7-13(31-2)10-15(14)32-20(17)21(25)28/h4-10,18H,3H2,1-2H3. The zero-order valence-corrected chi connectivity index (χ0v) is 18.3. The van der Waals surface area contributed by atoms with E-state index in [1.807, 2.05) is 6.92 Å². The Labute approximate surface area is 190 Å². The van der Waals surface area contributed by atoms with E-state index < -0.39 is 22.3 Å². The van der Waals surface area contributed by atoms with E-state index in [0.29, 0.717) is 22.7 Å². The summed E-state index contributed by atoms with van der Waals surface area (Å²) in [5, 5.41) is 20.9. The third-order valence-electron chi connectivity index (χ3n) is 5.44. The van der Waals surface area contributed by atoms with Gasteiger partial charge in [0.25, 0.3) is 11.6 Å². The molecule has 11 heteroatoms. The van der Waals surface area contributed by atoms with Crippen LogP contribution in [-0.4, -0.2) is 28.1 Å². The first-order chi connectivity index (χ1) is 15.9. The smallest absolute Gasteiger partial charge is 0.297 e. The van der Waals surface area contributed by atoms with Crippen LogP contribution >= 0.6 is 11.3 Å². The number of hydrogen-bond acceptors (Lipinski definition) is 9. The summed E-state index contributed by atoms with van der Waals surface area (Å²) in [7, 11) is 1.48. The molecular weight excluding hydrogens is 448 g/mol. The largest absolute Gasteiger partial charge is 0.497 e. The average molecular weight is 464 g/mol. The molecule has 1 atom stereocenters. The van der Waals surface area contributed by atoms with Gasteiger partial charge in [0.2, 0.25) is 10.9 Å². The van der Waals surface area contributed by atoms with Crippen molar-refractivity contribution in [3.63, 3.8) is 0 Å². The lowest BCUT2D eigenvalue weighted by atomic mass is 9.98. The van der Waals surface area contributed by atoms with Gasteiger partial charge in [-0.25, -0.2) is 0 Å². The fourth-order valence-electron chi connectivity index (χ4n) is 3.88. The van der Waals surface area contributed by atoms with E-state index in [1.165, 1.54) is 47.6 Å². The zero-order chi connectivity index (χ0) is 23.3. The van der Waals surface area contributed by atoms with Crippen LogP contribution in [-0.2, 0) is 6.42 Å². The van der Waals surface area contributed by atoms with Crippen LogP contribution in [0.3, 0.4) is 0 Å². The fourth-order valence-corrected chi connectivity index (χ4v) is 4.69. The van der Waals surface area contributed by atoms with Crippen LogP contribution in [0, 0.1) is 10.1 Å². The maximum absolute atomic E-state index is 13.6. The quantitative estimate of drug-likeness (QED) is 0.321. The molecule has 33 heavy (non-hydrogen) atoms. The number of aromatic nitrogens is 2. The molecular formula is C22H16N4O6S. The fraction of sp³-hybridized carbons (Fsp3) is 0.182. The minimum absolute atomic E-state index is 0.103. The number of carbonyl (C=O) groups is 1. The number of fused-ring (bicyclic) bond motifs is 2. The summed E-state index contributed by atoms with van der Waals surface area (Å²) in [5.74, 6) is -0.229. The van der Waals surface area contributed by atoms with Crippen LogP contribution in [0.15, 0.2) is 51.7 Å². The number of anilines is 1. The molecule has 0 saturated heterocycles. The van der Waals surface area contributed by atoms with Gasteiger partial charge in [-0.05, 0) is 24.1 Å². The molecule has 2 aromatic heterocycles. The van der Waals surface area contributed by atoms with Crippen molar-refractivity contribution < 1.29 is 18.9 Å². The Morgan fingerprint density at radius 1 is 1.21 bits per heavy atom. The van der Waals surface area contributed by atoms with E-state index in [-0.39, 0.29) is 33.1 Å². The van der Waals surface area contributed by atoms with Gasteiger partial charge in [-0.3, -0.25) is 24.6 Å². The third-order valence-corrected chi connectivity index (χ3v) is 6.51. The number of nitro groups is 1. The van der Waals surface area contributed by atoms with Crippen molar-refractivity contribution in [3.05, 3.63) is 84.7 Å². The molecule has 166 valence electrons. The normalized spacial score (nSPS) is 15.2. The van der Waals surface area contributed by atoms with E-state index >= 15 is 0 Å². The molecule has 0 saturated carbocycles. The van der Waals surface area contributed by atoms with Crippen molar-refractivity contribution in [1.82, 2.24) is 10.2 Å². The van der Waals surface area contributed by atoms with E-state index in [1.54, 1.807) is 18.2 Å². The van der Waals surface area contributed by atoms with Gasteiger partial charge in [0.1, 0.15) is 16.3 Å². The number of nitro benzene ring substituents is 1. The number of carbonyl (C=O) groups excluding carboxylic acids is 1. The maximum atomic E-state index is 13.6. The Morgan fingerprint density at radius 3 is 2.73 bits per heavy atom. The van der Waals surface area contributed by atoms with Gasteiger partial charge in [-0.2, -0.15) is 0 Å². The molecule has 0 fully saturated rings. The van der Waals surface area contributed by atoms with E-state index in [9.17, 15) is 19.7 Å². The van der Waals surface area contributed by atoms with E-state index in [0.717, 1.165) is 0 Å². The Balaban J connectivity index is 1.79. The topological polar surface area (TPSA) is 129 Å². The van der Waals surface area contributed by atoms with Crippen LogP contribution in [0.5, 0.6) is 5.75 Å². The highest BCUT2D eigenvalue weighted by Gasteiger charge is 2.45.